The summed E-state index contributed by atoms with van der Waals surface area (Å²) in [5.74, 6) is -0.179. The van der Waals surface area contributed by atoms with Gasteiger partial charge < -0.3 is 4.57 Å². The Morgan fingerprint density at radius 3 is 2.81 bits per heavy atom. The van der Waals surface area contributed by atoms with E-state index >= 15 is 0 Å². The number of benzene rings is 1. The van der Waals surface area contributed by atoms with E-state index in [4.69, 9.17) is 0 Å². The molecule has 1 aromatic carbocycles. The van der Waals surface area contributed by atoms with E-state index in [-0.39, 0.29) is 5.82 Å². The lowest BCUT2D eigenvalue weighted by Crippen LogP contribution is -1.99. The van der Waals surface area contributed by atoms with E-state index in [9.17, 15) is 4.39 Å². The molecule has 84 valence electrons. The Labute approximate surface area is 102 Å². The number of aromatic nitrogens is 2. The van der Waals surface area contributed by atoms with Crippen molar-refractivity contribution in [1.29, 1.82) is 0 Å². The highest BCUT2D eigenvalue weighted by Crippen LogP contribution is 2.16. The quantitative estimate of drug-likeness (QED) is 0.846. The Hall–Kier alpha value is -1.16. The van der Waals surface area contributed by atoms with Crippen molar-refractivity contribution in [2.24, 2.45) is 7.05 Å². The second kappa shape index (κ2) is 4.78. The maximum Gasteiger partial charge on any atom is 0.127 e. The van der Waals surface area contributed by atoms with Gasteiger partial charge in [0.1, 0.15) is 10.4 Å². The first-order chi connectivity index (χ1) is 7.66. The smallest absolute Gasteiger partial charge is 0.127 e. The number of nitrogens with zero attached hydrogens (tertiary/aromatic N) is 2. The van der Waals surface area contributed by atoms with Crippen LogP contribution in [0, 0.1) is 5.82 Å². The molecule has 1 heterocycles. The second-order valence-corrected chi connectivity index (χ2v) is 4.47. The zero-order valence-corrected chi connectivity index (χ0v) is 10.5. The predicted octanol–water partition coefficient (Wildman–Crippen LogP) is 3.11. The molecule has 0 saturated heterocycles. The molecule has 0 atom stereocenters. The molecule has 0 fully saturated rings. The van der Waals surface area contributed by atoms with Gasteiger partial charge in [0.15, 0.2) is 0 Å². The summed E-state index contributed by atoms with van der Waals surface area (Å²) in [7, 11) is 1.96. The molecule has 0 saturated carbocycles. The van der Waals surface area contributed by atoms with Gasteiger partial charge in [-0.1, -0.05) is 12.1 Å². The van der Waals surface area contributed by atoms with Crippen LogP contribution in [0.1, 0.15) is 11.3 Å². The van der Waals surface area contributed by atoms with Gasteiger partial charge in [0.2, 0.25) is 0 Å². The molecule has 0 radical (unpaired) electrons. The van der Waals surface area contributed by atoms with Crippen molar-refractivity contribution in [3.63, 3.8) is 0 Å². The van der Waals surface area contributed by atoms with Gasteiger partial charge in [-0.25, -0.2) is 9.37 Å². The fourth-order valence-electron chi connectivity index (χ4n) is 1.66. The van der Waals surface area contributed by atoms with Crippen LogP contribution in [0.3, 0.4) is 0 Å². The van der Waals surface area contributed by atoms with Crippen LogP contribution in [0.2, 0.25) is 0 Å². The molecule has 2 aromatic rings. The van der Waals surface area contributed by atoms with Gasteiger partial charge in [-0.3, -0.25) is 0 Å². The molecular weight excluding hydrogens is 271 g/mol. The van der Waals surface area contributed by atoms with E-state index in [2.05, 4.69) is 20.9 Å². The van der Waals surface area contributed by atoms with Crippen LogP contribution in [-0.4, -0.2) is 9.55 Å². The van der Waals surface area contributed by atoms with Crippen LogP contribution in [0.5, 0.6) is 0 Å². The van der Waals surface area contributed by atoms with Gasteiger partial charge >= 0.3 is 0 Å². The molecular formula is C12H12BrFN2. The molecule has 0 unspecified atom stereocenters. The summed E-state index contributed by atoms with van der Waals surface area (Å²) in [6.45, 7) is 0. The molecule has 0 aliphatic carbocycles. The van der Waals surface area contributed by atoms with Gasteiger partial charge in [0.25, 0.3) is 0 Å². The lowest BCUT2D eigenvalue weighted by molar-refractivity contribution is 0.625. The van der Waals surface area contributed by atoms with Crippen molar-refractivity contribution in [3.8, 4) is 0 Å². The largest absolute Gasteiger partial charge is 0.337 e. The number of imidazole rings is 1. The third kappa shape index (κ3) is 2.50. The Balaban J connectivity index is 2.08. The molecule has 0 spiro atoms. The van der Waals surface area contributed by atoms with Crippen LogP contribution in [0.15, 0.2) is 35.2 Å². The van der Waals surface area contributed by atoms with E-state index in [1.165, 1.54) is 6.07 Å². The summed E-state index contributed by atoms with van der Waals surface area (Å²) in [6.07, 6.45) is 3.43. The summed E-state index contributed by atoms with van der Waals surface area (Å²) < 4.78 is 15.8. The van der Waals surface area contributed by atoms with E-state index in [0.29, 0.717) is 0 Å². The summed E-state index contributed by atoms with van der Waals surface area (Å²) in [5, 5.41) is 0. The Morgan fingerprint density at radius 2 is 2.19 bits per heavy atom. The average Bonchev–Trinajstić information content (AvgIpc) is 2.56. The molecule has 16 heavy (non-hydrogen) atoms. The van der Waals surface area contributed by atoms with Crippen LogP contribution >= 0.6 is 15.9 Å². The van der Waals surface area contributed by atoms with Gasteiger partial charge in [0.05, 0.1) is 12.0 Å². The second-order valence-electron chi connectivity index (χ2n) is 3.72. The summed E-state index contributed by atoms with van der Waals surface area (Å²) in [5.41, 5.74) is 2.14. The SMILES string of the molecule is Cn1cnc(Br)c1CCc1cccc(F)c1. The Kier molecular flexibility index (Phi) is 3.39. The molecule has 0 aliphatic heterocycles. The molecule has 1 aromatic heterocycles. The fraction of sp³-hybridized carbons (Fsp3) is 0.250. The van der Waals surface area contributed by atoms with Crippen LogP contribution < -0.4 is 0 Å². The first kappa shape index (κ1) is 11.3. The highest BCUT2D eigenvalue weighted by molar-refractivity contribution is 9.10. The van der Waals surface area contributed by atoms with Crippen LogP contribution in [-0.2, 0) is 19.9 Å². The van der Waals surface area contributed by atoms with Crippen molar-refractivity contribution in [2.45, 2.75) is 12.8 Å². The van der Waals surface area contributed by atoms with Crippen LogP contribution in [0.4, 0.5) is 4.39 Å². The normalized spacial score (nSPS) is 10.7. The average molecular weight is 283 g/mol. The summed E-state index contributed by atoms with van der Waals surface area (Å²) in [6, 6.07) is 6.71. The third-order valence-electron chi connectivity index (χ3n) is 2.55. The van der Waals surface area contributed by atoms with E-state index in [1.807, 2.05) is 17.7 Å². The van der Waals surface area contributed by atoms with Gasteiger partial charge in [-0.05, 0) is 46.5 Å². The highest BCUT2D eigenvalue weighted by Gasteiger charge is 2.06. The standard InChI is InChI=1S/C12H12BrFN2/c1-16-8-15-12(13)11(16)6-5-9-3-2-4-10(14)7-9/h2-4,7-8H,5-6H2,1H3. The number of halogens is 2. The van der Waals surface area contributed by atoms with Crippen molar-refractivity contribution in [1.82, 2.24) is 9.55 Å². The lowest BCUT2D eigenvalue weighted by Gasteiger charge is -2.03. The molecule has 2 rings (SSSR count). The predicted molar refractivity (Wildman–Crippen MR) is 64.7 cm³/mol. The van der Waals surface area contributed by atoms with Gasteiger partial charge in [-0.15, -0.1) is 0 Å². The highest BCUT2D eigenvalue weighted by atomic mass is 79.9. The fourth-order valence-corrected chi connectivity index (χ4v) is 2.23. The first-order valence-electron chi connectivity index (χ1n) is 5.07. The van der Waals surface area contributed by atoms with Crippen molar-refractivity contribution in [2.75, 3.05) is 0 Å². The summed E-state index contributed by atoms with van der Waals surface area (Å²) >= 11 is 3.40. The molecule has 0 bridgehead atoms. The van der Waals surface area contributed by atoms with Crippen LogP contribution in [0.25, 0.3) is 0 Å². The minimum atomic E-state index is -0.179. The topological polar surface area (TPSA) is 17.8 Å². The number of aryl methyl sites for hydroxylation is 2. The molecule has 0 amide bonds. The van der Waals surface area contributed by atoms with Crippen molar-refractivity contribution >= 4 is 15.9 Å². The zero-order valence-electron chi connectivity index (χ0n) is 8.95. The monoisotopic (exact) mass is 282 g/mol. The molecule has 0 aliphatic rings. The number of rotatable bonds is 3. The maximum absolute atomic E-state index is 13.0. The molecule has 4 heteroatoms. The molecule has 0 N–H and O–H groups in total. The lowest BCUT2D eigenvalue weighted by atomic mass is 10.1. The number of hydrogen-bond acceptors (Lipinski definition) is 1. The van der Waals surface area contributed by atoms with E-state index in [1.54, 1.807) is 18.5 Å². The Bertz CT molecular complexity index is 474. The zero-order chi connectivity index (χ0) is 11.5. The minimum Gasteiger partial charge on any atom is -0.337 e. The third-order valence-corrected chi connectivity index (χ3v) is 3.21. The van der Waals surface area contributed by atoms with E-state index in [0.717, 1.165) is 28.7 Å². The number of hydrogen-bond donors (Lipinski definition) is 0. The maximum atomic E-state index is 13.0. The van der Waals surface area contributed by atoms with E-state index < -0.39 is 0 Å². The van der Waals surface area contributed by atoms with Gasteiger partial charge in [-0.2, -0.15) is 0 Å². The molecule has 2 nitrogen and oxygen atoms in total. The minimum absolute atomic E-state index is 0.179. The first-order valence-corrected chi connectivity index (χ1v) is 5.86. The van der Waals surface area contributed by atoms with Gasteiger partial charge in [0, 0.05) is 7.05 Å². The van der Waals surface area contributed by atoms with Crippen molar-refractivity contribution < 1.29 is 4.39 Å². The summed E-state index contributed by atoms with van der Waals surface area (Å²) in [4.78, 5) is 4.15. The van der Waals surface area contributed by atoms with Crippen molar-refractivity contribution in [3.05, 3.63) is 52.3 Å². The Morgan fingerprint density at radius 1 is 1.38 bits per heavy atom.